The van der Waals surface area contributed by atoms with Crippen LogP contribution in [0.5, 0.6) is 5.75 Å². The standard InChI is InChI=1S/C8H7BrCl2O/c1-12-8-5(4-10)2-6(9)3-7(8)11/h2-3H,4H2,1H3. The number of halogens is 3. The zero-order valence-corrected chi connectivity index (χ0v) is 9.50. The van der Waals surface area contributed by atoms with Crippen molar-refractivity contribution >= 4 is 39.1 Å². The van der Waals surface area contributed by atoms with Crippen molar-refractivity contribution in [3.63, 3.8) is 0 Å². The van der Waals surface area contributed by atoms with Crippen molar-refractivity contribution in [2.75, 3.05) is 7.11 Å². The van der Waals surface area contributed by atoms with E-state index in [0.29, 0.717) is 16.7 Å². The molecule has 1 aromatic rings. The highest BCUT2D eigenvalue weighted by Gasteiger charge is 2.07. The van der Waals surface area contributed by atoms with E-state index >= 15 is 0 Å². The van der Waals surface area contributed by atoms with E-state index in [1.165, 1.54) is 0 Å². The van der Waals surface area contributed by atoms with Crippen molar-refractivity contribution < 1.29 is 4.74 Å². The van der Waals surface area contributed by atoms with Gasteiger partial charge in [0, 0.05) is 10.0 Å². The van der Waals surface area contributed by atoms with E-state index in [2.05, 4.69) is 15.9 Å². The molecule has 1 rings (SSSR count). The summed E-state index contributed by atoms with van der Waals surface area (Å²) in [6, 6.07) is 3.66. The number of ether oxygens (including phenoxy) is 1. The molecular formula is C8H7BrCl2O. The fourth-order valence-electron chi connectivity index (χ4n) is 0.942. The van der Waals surface area contributed by atoms with Gasteiger partial charge in [-0.25, -0.2) is 0 Å². The van der Waals surface area contributed by atoms with Gasteiger partial charge in [-0.1, -0.05) is 27.5 Å². The Hall–Kier alpha value is 0.0800. The number of hydrogen-bond donors (Lipinski definition) is 0. The molecule has 0 saturated carbocycles. The third-order valence-electron chi connectivity index (χ3n) is 1.43. The lowest BCUT2D eigenvalue weighted by atomic mass is 10.2. The SMILES string of the molecule is COc1c(Cl)cc(Br)cc1CCl. The molecule has 1 nitrogen and oxygen atoms in total. The molecule has 0 aliphatic heterocycles. The van der Waals surface area contributed by atoms with Gasteiger partial charge in [-0.2, -0.15) is 0 Å². The summed E-state index contributed by atoms with van der Waals surface area (Å²) in [5.41, 5.74) is 0.888. The van der Waals surface area contributed by atoms with Crippen molar-refractivity contribution in [2.45, 2.75) is 5.88 Å². The molecule has 0 aliphatic rings. The van der Waals surface area contributed by atoms with Crippen molar-refractivity contribution in [1.82, 2.24) is 0 Å². The molecule has 1 aromatic carbocycles. The first-order chi connectivity index (χ1) is 5.69. The molecule has 0 spiro atoms. The Kier molecular flexibility index (Phi) is 3.69. The lowest BCUT2D eigenvalue weighted by Crippen LogP contribution is -1.90. The summed E-state index contributed by atoms with van der Waals surface area (Å²) in [6.07, 6.45) is 0. The van der Waals surface area contributed by atoms with E-state index in [4.69, 9.17) is 27.9 Å². The third-order valence-corrected chi connectivity index (χ3v) is 2.46. The van der Waals surface area contributed by atoms with Gasteiger partial charge in [0.15, 0.2) is 0 Å². The van der Waals surface area contributed by atoms with Crippen molar-refractivity contribution in [2.24, 2.45) is 0 Å². The van der Waals surface area contributed by atoms with E-state index in [1.54, 1.807) is 13.2 Å². The second-order valence-corrected chi connectivity index (χ2v) is 3.80. The van der Waals surface area contributed by atoms with Crippen molar-refractivity contribution in [3.8, 4) is 5.75 Å². The lowest BCUT2D eigenvalue weighted by Gasteiger charge is -2.08. The smallest absolute Gasteiger partial charge is 0.141 e. The molecule has 0 fully saturated rings. The van der Waals surface area contributed by atoms with Gasteiger partial charge in [0.2, 0.25) is 0 Å². The number of hydrogen-bond acceptors (Lipinski definition) is 1. The maximum absolute atomic E-state index is 5.90. The number of methoxy groups -OCH3 is 1. The minimum Gasteiger partial charge on any atom is -0.495 e. The van der Waals surface area contributed by atoms with Crippen LogP contribution in [-0.4, -0.2) is 7.11 Å². The third kappa shape index (κ3) is 2.06. The summed E-state index contributed by atoms with van der Waals surface area (Å²) >= 11 is 14.9. The molecule has 0 bridgehead atoms. The molecule has 0 heterocycles. The van der Waals surface area contributed by atoms with Crippen molar-refractivity contribution in [3.05, 3.63) is 27.2 Å². The Bertz CT molecular complexity index is 289. The van der Waals surface area contributed by atoms with E-state index in [-0.39, 0.29) is 0 Å². The van der Waals surface area contributed by atoms with Crippen LogP contribution < -0.4 is 4.74 Å². The van der Waals surface area contributed by atoms with E-state index in [9.17, 15) is 0 Å². The van der Waals surface area contributed by atoms with Gasteiger partial charge in [0.05, 0.1) is 18.0 Å². The number of benzene rings is 1. The first-order valence-electron chi connectivity index (χ1n) is 3.27. The van der Waals surface area contributed by atoms with Gasteiger partial charge in [0.25, 0.3) is 0 Å². The van der Waals surface area contributed by atoms with Crippen LogP contribution in [0, 0.1) is 0 Å². The second-order valence-electron chi connectivity index (χ2n) is 2.21. The molecule has 0 N–H and O–H groups in total. The van der Waals surface area contributed by atoms with Crippen LogP contribution in [0.2, 0.25) is 5.02 Å². The normalized spacial score (nSPS) is 10.0. The van der Waals surface area contributed by atoms with Crippen molar-refractivity contribution in [1.29, 1.82) is 0 Å². The monoisotopic (exact) mass is 268 g/mol. The molecular weight excluding hydrogens is 263 g/mol. The summed E-state index contributed by atoms with van der Waals surface area (Å²) in [5, 5.41) is 0.572. The van der Waals surface area contributed by atoms with Gasteiger partial charge in [0.1, 0.15) is 5.75 Å². The summed E-state index contributed by atoms with van der Waals surface area (Å²) in [7, 11) is 1.57. The molecule has 0 saturated heterocycles. The zero-order chi connectivity index (χ0) is 9.14. The summed E-state index contributed by atoms with van der Waals surface area (Å²) in [6.45, 7) is 0. The average Bonchev–Trinajstić information content (AvgIpc) is 2.03. The molecule has 0 unspecified atom stereocenters. The minimum absolute atomic E-state index is 0.391. The highest BCUT2D eigenvalue weighted by Crippen LogP contribution is 2.32. The van der Waals surface area contributed by atoms with E-state index in [1.807, 2.05) is 6.07 Å². The first-order valence-corrected chi connectivity index (χ1v) is 4.97. The van der Waals surface area contributed by atoms with Gasteiger partial charge >= 0.3 is 0 Å². The van der Waals surface area contributed by atoms with Crippen LogP contribution in [-0.2, 0) is 5.88 Å². The molecule has 0 atom stereocenters. The molecule has 0 radical (unpaired) electrons. The van der Waals surface area contributed by atoms with Crippen LogP contribution in [0.3, 0.4) is 0 Å². The van der Waals surface area contributed by atoms with Crippen LogP contribution >= 0.6 is 39.1 Å². The quantitative estimate of drug-likeness (QED) is 0.741. The van der Waals surface area contributed by atoms with Crippen LogP contribution in [0.15, 0.2) is 16.6 Å². The maximum Gasteiger partial charge on any atom is 0.141 e. The van der Waals surface area contributed by atoms with E-state index < -0.39 is 0 Å². The average molecular weight is 270 g/mol. The topological polar surface area (TPSA) is 9.23 Å². The van der Waals surface area contributed by atoms with Crippen LogP contribution in [0.4, 0.5) is 0 Å². The molecule has 66 valence electrons. The summed E-state index contributed by atoms with van der Waals surface area (Å²) in [4.78, 5) is 0. The molecule has 0 amide bonds. The Morgan fingerprint density at radius 3 is 2.67 bits per heavy atom. The Balaban J connectivity index is 3.24. The largest absolute Gasteiger partial charge is 0.495 e. The molecule has 0 aromatic heterocycles. The predicted molar refractivity (Wildman–Crippen MR) is 55.3 cm³/mol. The highest BCUT2D eigenvalue weighted by atomic mass is 79.9. The van der Waals surface area contributed by atoms with Gasteiger partial charge in [-0.15, -0.1) is 11.6 Å². The number of alkyl halides is 1. The summed E-state index contributed by atoms with van der Waals surface area (Å²) in [5.74, 6) is 1.04. The van der Waals surface area contributed by atoms with E-state index in [0.717, 1.165) is 10.0 Å². The van der Waals surface area contributed by atoms with Gasteiger partial charge in [-0.05, 0) is 12.1 Å². The Morgan fingerprint density at radius 2 is 2.17 bits per heavy atom. The Labute approximate surface area is 89.7 Å². The molecule has 4 heteroatoms. The van der Waals surface area contributed by atoms with Crippen LogP contribution in [0.25, 0.3) is 0 Å². The fourth-order valence-corrected chi connectivity index (χ4v) is 2.09. The minimum atomic E-state index is 0.391. The Morgan fingerprint density at radius 1 is 1.50 bits per heavy atom. The highest BCUT2D eigenvalue weighted by molar-refractivity contribution is 9.10. The predicted octanol–water partition coefficient (Wildman–Crippen LogP) is 3.85. The molecule has 0 aliphatic carbocycles. The first kappa shape index (κ1) is 10.2. The number of rotatable bonds is 2. The van der Waals surface area contributed by atoms with Crippen LogP contribution in [0.1, 0.15) is 5.56 Å². The zero-order valence-electron chi connectivity index (χ0n) is 6.40. The molecule has 12 heavy (non-hydrogen) atoms. The summed E-state index contributed by atoms with van der Waals surface area (Å²) < 4.78 is 5.99. The second kappa shape index (κ2) is 4.35. The van der Waals surface area contributed by atoms with Gasteiger partial charge in [-0.3, -0.25) is 0 Å². The fraction of sp³-hybridized carbons (Fsp3) is 0.250. The van der Waals surface area contributed by atoms with Gasteiger partial charge < -0.3 is 4.74 Å². The lowest BCUT2D eigenvalue weighted by molar-refractivity contribution is 0.411. The maximum atomic E-state index is 5.90.